The molecule has 1 aliphatic heterocycles. The molecular weight excluding hydrogens is 474 g/mol. The molecule has 2 heterocycles. The molecule has 6 nitrogen and oxygen atoms in total. The largest absolute Gasteiger partial charge is 0.341 e. The molecule has 0 atom stereocenters. The summed E-state index contributed by atoms with van der Waals surface area (Å²) in [4.78, 5) is 44.1. The van der Waals surface area contributed by atoms with Gasteiger partial charge in [0.25, 0.3) is 11.7 Å². The molecule has 5 rings (SSSR count). The molecule has 2 amide bonds. The normalized spacial score (nSPS) is 13.7. The molecule has 0 N–H and O–H groups in total. The van der Waals surface area contributed by atoms with Crippen LogP contribution in [0.15, 0.2) is 91.1 Å². The summed E-state index contributed by atoms with van der Waals surface area (Å²) >= 11 is 0. The van der Waals surface area contributed by atoms with Gasteiger partial charge in [0.1, 0.15) is 6.54 Å². The molecule has 0 bridgehead atoms. The van der Waals surface area contributed by atoms with Gasteiger partial charge in [0.05, 0.1) is 5.56 Å². The topological polar surface area (TPSA) is 62.6 Å². The Kier molecular flexibility index (Phi) is 7.98. The Morgan fingerprint density at radius 2 is 1.24 bits per heavy atom. The minimum atomic E-state index is -0.561. The minimum absolute atomic E-state index is 0.0489. The van der Waals surface area contributed by atoms with E-state index in [1.165, 1.54) is 0 Å². The molecule has 4 aromatic rings. The second kappa shape index (κ2) is 11.9. The highest BCUT2D eigenvalue weighted by Gasteiger charge is 2.27. The van der Waals surface area contributed by atoms with E-state index in [0.717, 1.165) is 55.4 Å². The van der Waals surface area contributed by atoms with E-state index < -0.39 is 11.7 Å². The fourth-order valence-electron chi connectivity index (χ4n) is 5.19. The number of amides is 2. The fraction of sp³-hybridized carbons (Fsp3) is 0.281. The van der Waals surface area contributed by atoms with Crippen LogP contribution in [-0.2, 0) is 29.2 Å². The third-order valence-corrected chi connectivity index (χ3v) is 7.21. The lowest BCUT2D eigenvalue weighted by atomic mass is 10.1. The van der Waals surface area contributed by atoms with Gasteiger partial charge in [0.15, 0.2) is 0 Å². The highest BCUT2D eigenvalue weighted by atomic mass is 16.2. The van der Waals surface area contributed by atoms with Crippen LogP contribution in [0.3, 0.4) is 0 Å². The van der Waals surface area contributed by atoms with Crippen molar-refractivity contribution in [1.29, 1.82) is 0 Å². The number of ketones is 1. The van der Waals surface area contributed by atoms with Crippen molar-refractivity contribution in [2.24, 2.45) is 0 Å². The number of hydrogen-bond acceptors (Lipinski definition) is 3. The molecule has 3 aromatic carbocycles. The van der Waals surface area contributed by atoms with Gasteiger partial charge in [-0.3, -0.25) is 14.4 Å². The molecule has 0 saturated carbocycles. The van der Waals surface area contributed by atoms with Gasteiger partial charge in [-0.25, -0.2) is 0 Å². The van der Waals surface area contributed by atoms with E-state index in [-0.39, 0.29) is 12.5 Å². The Morgan fingerprint density at radius 3 is 1.84 bits per heavy atom. The van der Waals surface area contributed by atoms with Gasteiger partial charge < -0.3 is 14.4 Å². The number of hydrogen-bond donors (Lipinski definition) is 0. The number of Topliss-reactive ketones (excluding diaryl/α,β-unsaturated/α-hetero) is 1. The smallest absolute Gasteiger partial charge is 0.295 e. The van der Waals surface area contributed by atoms with E-state index in [1.54, 1.807) is 11.1 Å². The van der Waals surface area contributed by atoms with Gasteiger partial charge in [-0.15, -0.1) is 0 Å². The number of carbonyl (C=O) groups is 3. The second-order valence-electron chi connectivity index (χ2n) is 9.94. The first kappa shape index (κ1) is 25.5. The van der Waals surface area contributed by atoms with E-state index in [1.807, 2.05) is 94.4 Å². The second-order valence-corrected chi connectivity index (χ2v) is 9.94. The van der Waals surface area contributed by atoms with Crippen molar-refractivity contribution >= 4 is 28.5 Å². The van der Waals surface area contributed by atoms with Crippen LogP contribution >= 0.6 is 0 Å². The molecule has 6 heteroatoms. The van der Waals surface area contributed by atoms with Gasteiger partial charge in [0.2, 0.25) is 5.91 Å². The first-order valence-electron chi connectivity index (χ1n) is 13.4. The molecule has 1 fully saturated rings. The number of rotatable bonds is 8. The molecule has 1 saturated heterocycles. The van der Waals surface area contributed by atoms with Crippen LogP contribution in [0.25, 0.3) is 10.9 Å². The maximum Gasteiger partial charge on any atom is 0.295 e. The van der Waals surface area contributed by atoms with Crippen LogP contribution in [0.5, 0.6) is 0 Å². The lowest BCUT2D eigenvalue weighted by molar-refractivity contribution is -0.131. The van der Waals surface area contributed by atoms with Gasteiger partial charge >= 0.3 is 0 Å². The molecule has 1 aliphatic rings. The van der Waals surface area contributed by atoms with Crippen LogP contribution in [-0.4, -0.2) is 45.1 Å². The Hall–Kier alpha value is -4.19. The number of likely N-dealkylation sites (tertiary alicyclic amines) is 1. The third-order valence-electron chi connectivity index (χ3n) is 7.21. The van der Waals surface area contributed by atoms with Crippen molar-refractivity contribution < 1.29 is 14.4 Å². The Morgan fingerprint density at radius 1 is 0.684 bits per heavy atom. The SMILES string of the molecule is O=C(C(=O)N(Cc1ccccc1)Cc1ccccc1)c1cn(CC(=O)N2CCCCCC2)c2ccccc12. The minimum Gasteiger partial charge on any atom is -0.341 e. The zero-order chi connectivity index (χ0) is 26.3. The standard InChI is InChI=1S/C32H33N3O3/c36-30(33-19-11-1-2-12-20-33)24-34-23-28(27-17-9-10-18-29(27)34)31(37)32(38)35(21-25-13-5-3-6-14-25)22-26-15-7-4-8-16-26/h3-10,13-18,23H,1-2,11-12,19-22,24H2. The Bertz CT molecular complexity index is 1360. The maximum atomic E-state index is 13.7. The molecular formula is C32H33N3O3. The highest BCUT2D eigenvalue weighted by Crippen LogP contribution is 2.24. The van der Waals surface area contributed by atoms with Crippen molar-refractivity contribution in [2.75, 3.05) is 13.1 Å². The number of nitrogens with zero attached hydrogens (tertiary/aromatic N) is 3. The van der Waals surface area contributed by atoms with E-state index >= 15 is 0 Å². The molecule has 1 aromatic heterocycles. The molecule has 0 radical (unpaired) electrons. The first-order chi connectivity index (χ1) is 18.6. The predicted octanol–water partition coefficient (Wildman–Crippen LogP) is 5.46. The third kappa shape index (κ3) is 5.86. The van der Waals surface area contributed by atoms with Crippen LogP contribution < -0.4 is 0 Å². The summed E-state index contributed by atoms with van der Waals surface area (Å²) in [6, 6.07) is 26.9. The molecule has 0 unspecified atom stereocenters. The first-order valence-corrected chi connectivity index (χ1v) is 13.4. The van der Waals surface area contributed by atoms with Gasteiger partial charge in [-0.05, 0) is 30.0 Å². The van der Waals surface area contributed by atoms with E-state index in [9.17, 15) is 14.4 Å². The van der Waals surface area contributed by atoms with Crippen LogP contribution in [0.2, 0.25) is 0 Å². The van der Waals surface area contributed by atoms with Crippen LogP contribution in [0, 0.1) is 0 Å². The van der Waals surface area contributed by atoms with Crippen molar-refractivity contribution in [1.82, 2.24) is 14.4 Å². The number of para-hydroxylation sites is 1. The zero-order valence-corrected chi connectivity index (χ0v) is 21.6. The van der Waals surface area contributed by atoms with Crippen LogP contribution in [0.1, 0.15) is 47.2 Å². The molecule has 0 spiro atoms. The number of carbonyl (C=O) groups excluding carboxylic acids is 3. The van der Waals surface area contributed by atoms with Gasteiger partial charge in [-0.1, -0.05) is 91.7 Å². The number of fused-ring (bicyclic) bond motifs is 1. The number of aromatic nitrogens is 1. The van der Waals surface area contributed by atoms with Gasteiger partial charge in [-0.2, -0.15) is 0 Å². The van der Waals surface area contributed by atoms with Crippen molar-refractivity contribution in [3.05, 3.63) is 108 Å². The van der Waals surface area contributed by atoms with Crippen LogP contribution in [0.4, 0.5) is 0 Å². The van der Waals surface area contributed by atoms with E-state index in [2.05, 4.69) is 0 Å². The zero-order valence-electron chi connectivity index (χ0n) is 21.6. The van der Waals surface area contributed by atoms with Gasteiger partial charge in [0, 0.05) is 43.3 Å². The summed E-state index contributed by atoms with van der Waals surface area (Å²) < 4.78 is 1.82. The molecule has 38 heavy (non-hydrogen) atoms. The molecule has 0 aliphatic carbocycles. The van der Waals surface area contributed by atoms with E-state index in [0.29, 0.717) is 24.0 Å². The average molecular weight is 508 g/mol. The maximum absolute atomic E-state index is 13.7. The summed E-state index contributed by atoms with van der Waals surface area (Å²) in [6.45, 7) is 2.35. The van der Waals surface area contributed by atoms with Crippen molar-refractivity contribution in [3.63, 3.8) is 0 Å². The highest BCUT2D eigenvalue weighted by molar-refractivity contribution is 6.44. The Labute approximate surface area is 223 Å². The Balaban J connectivity index is 1.42. The summed E-state index contributed by atoms with van der Waals surface area (Å²) in [5.41, 5.74) is 3.02. The fourth-order valence-corrected chi connectivity index (χ4v) is 5.19. The number of benzene rings is 3. The summed E-state index contributed by atoms with van der Waals surface area (Å²) in [6.07, 6.45) is 6.03. The lowest BCUT2D eigenvalue weighted by Gasteiger charge is -2.22. The lowest BCUT2D eigenvalue weighted by Crippen LogP contribution is -2.36. The summed E-state index contributed by atoms with van der Waals surface area (Å²) in [5, 5.41) is 0.689. The predicted molar refractivity (Wildman–Crippen MR) is 148 cm³/mol. The quantitative estimate of drug-likeness (QED) is 0.235. The average Bonchev–Trinajstić information content (AvgIpc) is 3.11. The summed E-state index contributed by atoms with van der Waals surface area (Å²) in [5.74, 6) is -1.07. The van der Waals surface area contributed by atoms with E-state index in [4.69, 9.17) is 0 Å². The van der Waals surface area contributed by atoms with Crippen molar-refractivity contribution in [2.45, 2.75) is 45.3 Å². The monoisotopic (exact) mass is 507 g/mol. The summed E-state index contributed by atoms with van der Waals surface area (Å²) in [7, 11) is 0. The molecule has 194 valence electrons. The van der Waals surface area contributed by atoms with Crippen molar-refractivity contribution in [3.8, 4) is 0 Å².